The van der Waals surface area contributed by atoms with Crippen LogP contribution < -0.4 is 16.0 Å². The topological polar surface area (TPSA) is 128 Å². The molecule has 0 spiro atoms. The Labute approximate surface area is 181 Å². The molecule has 0 saturated carbocycles. The first kappa shape index (κ1) is 22.5. The van der Waals surface area contributed by atoms with Crippen LogP contribution in [0, 0.1) is 11.8 Å². The van der Waals surface area contributed by atoms with Crippen LogP contribution in [0.1, 0.15) is 43.7 Å². The molecule has 1 aliphatic heterocycles. The minimum atomic E-state index is -0.731. The summed E-state index contributed by atoms with van der Waals surface area (Å²) in [5.41, 5.74) is 1.44. The lowest BCUT2D eigenvalue weighted by Crippen LogP contribution is -2.51. The Morgan fingerprint density at radius 1 is 1.29 bits per heavy atom. The molecule has 31 heavy (non-hydrogen) atoms. The lowest BCUT2D eigenvalue weighted by molar-refractivity contribution is -0.125. The van der Waals surface area contributed by atoms with Crippen LogP contribution in [-0.4, -0.2) is 59.6 Å². The number of carbonyl (C=O) groups is 3. The van der Waals surface area contributed by atoms with Crippen molar-refractivity contribution in [1.29, 1.82) is 0 Å². The summed E-state index contributed by atoms with van der Waals surface area (Å²) in [5, 5.41) is 8.56. The monoisotopic (exact) mass is 426 g/mol. The van der Waals surface area contributed by atoms with Crippen molar-refractivity contribution in [2.45, 2.75) is 45.2 Å². The fourth-order valence-corrected chi connectivity index (χ4v) is 3.79. The molecule has 3 amide bonds. The van der Waals surface area contributed by atoms with E-state index in [4.69, 9.17) is 0 Å². The molecule has 1 aromatic carbocycles. The number of nitrogens with one attached hydrogen (secondary N) is 4. The van der Waals surface area contributed by atoms with Gasteiger partial charge in [-0.1, -0.05) is 26.0 Å². The summed E-state index contributed by atoms with van der Waals surface area (Å²) < 4.78 is 0. The van der Waals surface area contributed by atoms with E-state index in [1.54, 1.807) is 13.3 Å². The Kier molecular flexibility index (Phi) is 7.38. The third-order valence-corrected chi connectivity index (χ3v) is 5.29. The Bertz CT molecular complexity index is 934. The zero-order valence-corrected chi connectivity index (χ0v) is 18.1. The van der Waals surface area contributed by atoms with Crippen molar-refractivity contribution in [2.24, 2.45) is 16.8 Å². The molecule has 166 valence electrons. The van der Waals surface area contributed by atoms with Gasteiger partial charge >= 0.3 is 0 Å². The van der Waals surface area contributed by atoms with Gasteiger partial charge in [-0.25, -0.2) is 4.98 Å². The Morgan fingerprint density at radius 2 is 2.06 bits per heavy atom. The first-order valence-electron chi connectivity index (χ1n) is 10.6. The second-order valence-corrected chi connectivity index (χ2v) is 8.29. The van der Waals surface area contributed by atoms with Crippen molar-refractivity contribution in [2.75, 3.05) is 13.6 Å². The van der Waals surface area contributed by atoms with Gasteiger partial charge in [-0.2, -0.15) is 0 Å². The summed E-state index contributed by atoms with van der Waals surface area (Å²) in [4.78, 5) is 49.1. The first-order chi connectivity index (χ1) is 14.9. The maximum Gasteiger partial charge on any atom is 0.287 e. The molecule has 3 atom stereocenters. The molecule has 0 bridgehead atoms. The first-order valence-corrected chi connectivity index (χ1v) is 10.6. The SMILES string of the molecule is CN=C[C@H](C[C@@H]1CCNC1=O)NC(=O)[C@H](CC(C)C)NC(=O)c1nc2ccccc2[nH]1. The average Bonchev–Trinajstić information content (AvgIpc) is 3.33. The van der Waals surface area contributed by atoms with E-state index >= 15 is 0 Å². The van der Waals surface area contributed by atoms with E-state index in [0.29, 0.717) is 24.9 Å². The molecular formula is C22H30N6O3. The summed E-state index contributed by atoms with van der Waals surface area (Å²) in [6.45, 7) is 4.62. The van der Waals surface area contributed by atoms with Crippen LogP contribution in [0.3, 0.4) is 0 Å². The Morgan fingerprint density at radius 3 is 2.71 bits per heavy atom. The highest BCUT2D eigenvalue weighted by atomic mass is 16.2. The summed E-state index contributed by atoms with van der Waals surface area (Å²) in [6.07, 6.45) is 3.32. The third kappa shape index (κ3) is 5.90. The molecule has 1 saturated heterocycles. The second-order valence-electron chi connectivity index (χ2n) is 8.29. The lowest BCUT2D eigenvalue weighted by atomic mass is 9.97. The van der Waals surface area contributed by atoms with E-state index in [1.807, 2.05) is 38.1 Å². The van der Waals surface area contributed by atoms with Crippen LogP contribution in [0.4, 0.5) is 0 Å². The van der Waals surface area contributed by atoms with Crippen molar-refractivity contribution in [3.8, 4) is 0 Å². The number of fused-ring (bicyclic) bond motifs is 1. The highest BCUT2D eigenvalue weighted by molar-refractivity contribution is 5.97. The van der Waals surface area contributed by atoms with Gasteiger partial charge in [-0.05, 0) is 37.3 Å². The van der Waals surface area contributed by atoms with Gasteiger partial charge in [-0.3, -0.25) is 19.4 Å². The minimum absolute atomic E-state index is 0.000621. The fourth-order valence-electron chi connectivity index (χ4n) is 3.79. The van der Waals surface area contributed by atoms with Crippen molar-refractivity contribution >= 4 is 35.0 Å². The number of carbonyl (C=O) groups excluding carboxylic acids is 3. The standard InChI is InChI=1S/C22H30N6O3/c1-13(2)10-18(28-22(31)19-26-16-6-4-5-7-17(16)27-19)21(30)25-15(12-23-3)11-14-8-9-24-20(14)29/h4-7,12-15,18H,8-11H2,1-3H3,(H,24,29)(H,25,30)(H,26,27)(H,28,31)/t14-,15-,18-/m0/s1. The predicted molar refractivity (Wildman–Crippen MR) is 119 cm³/mol. The van der Waals surface area contributed by atoms with Gasteiger partial charge in [0.1, 0.15) is 6.04 Å². The quantitative estimate of drug-likeness (QED) is 0.452. The van der Waals surface area contributed by atoms with Gasteiger partial charge in [-0.15, -0.1) is 0 Å². The number of aromatic amines is 1. The predicted octanol–water partition coefficient (Wildman–Crippen LogP) is 1.42. The third-order valence-electron chi connectivity index (χ3n) is 5.29. The molecule has 1 aromatic heterocycles. The molecule has 0 unspecified atom stereocenters. The van der Waals surface area contributed by atoms with E-state index < -0.39 is 11.9 Å². The van der Waals surface area contributed by atoms with E-state index in [2.05, 4.69) is 30.9 Å². The van der Waals surface area contributed by atoms with Crippen molar-refractivity contribution in [1.82, 2.24) is 25.9 Å². The van der Waals surface area contributed by atoms with Crippen molar-refractivity contribution < 1.29 is 14.4 Å². The van der Waals surface area contributed by atoms with E-state index in [-0.39, 0.29) is 35.5 Å². The number of H-pyrrole nitrogens is 1. The van der Waals surface area contributed by atoms with Crippen LogP contribution in [0.5, 0.6) is 0 Å². The van der Waals surface area contributed by atoms with Gasteiger partial charge in [0.15, 0.2) is 5.82 Å². The number of hydrogen-bond acceptors (Lipinski definition) is 5. The molecule has 0 radical (unpaired) electrons. The molecule has 9 nitrogen and oxygen atoms in total. The number of aromatic nitrogens is 2. The van der Waals surface area contributed by atoms with E-state index in [1.165, 1.54) is 0 Å². The van der Waals surface area contributed by atoms with Crippen molar-refractivity contribution in [3.05, 3.63) is 30.1 Å². The molecule has 4 N–H and O–H groups in total. The number of amides is 3. The van der Waals surface area contributed by atoms with Gasteiger partial charge in [0, 0.05) is 25.7 Å². The lowest BCUT2D eigenvalue weighted by Gasteiger charge is -2.23. The van der Waals surface area contributed by atoms with Gasteiger partial charge in [0.2, 0.25) is 11.8 Å². The molecule has 1 aliphatic rings. The van der Waals surface area contributed by atoms with E-state index in [9.17, 15) is 14.4 Å². The summed E-state index contributed by atoms with van der Waals surface area (Å²) >= 11 is 0. The molecular weight excluding hydrogens is 396 g/mol. The molecule has 0 aliphatic carbocycles. The summed E-state index contributed by atoms with van der Waals surface area (Å²) in [7, 11) is 1.63. The van der Waals surface area contributed by atoms with Crippen LogP contribution in [0.25, 0.3) is 11.0 Å². The zero-order valence-electron chi connectivity index (χ0n) is 18.1. The largest absolute Gasteiger partial charge is 0.356 e. The van der Waals surface area contributed by atoms with Gasteiger partial charge in [0.25, 0.3) is 5.91 Å². The number of nitrogens with zero attached hydrogens (tertiary/aromatic N) is 2. The maximum atomic E-state index is 13.0. The highest BCUT2D eigenvalue weighted by Gasteiger charge is 2.30. The Hall–Kier alpha value is -3.23. The summed E-state index contributed by atoms with van der Waals surface area (Å²) in [5.74, 6) is -0.547. The molecule has 9 heteroatoms. The minimum Gasteiger partial charge on any atom is -0.356 e. The normalized spacial score (nSPS) is 18.3. The van der Waals surface area contributed by atoms with Crippen molar-refractivity contribution in [3.63, 3.8) is 0 Å². The maximum absolute atomic E-state index is 13.0. The fraction of sp³-hybridized carbons (Fsp3) is 0.500. The number of benzene rings is 1. The van der Waals surface area contributed by atoms with Crippen LogP contribution in [0.2, 0.25) is 0 Å². The number of rotatable bonds is 9. The average molecular weight is 427 g/mol. The summed E-state index contributed by atoms with van der Waals surface area (Å²) in [6, 6.07) is 6.24. The number of hydrogen-bond donors (Lipinski definition) is 4. The molecule has 2 aromatic rings. The molecule has 1 fully saturated rings. The van der Waals surface area contributed by atoms with E-state index in [0.717, 1.165) is 11.9 Å². The van der Waals surface area contributed by atoms with Gasteiger partial charge in [0.05, 0.1) is 17.1 Å². The smallest absolute Gasteiger partial charge is 0.287 e. The second kappa shape index (κ2) is 10.2. The van der Waals surface area contributed by atoms with Crippen LogP contribution >= 0.6 is 0 Å². The highest BCUT2D eigenvalue weighted by Crippen LogP contribution is 2.16. The number of imidazole rings is 1. The van der Waals surface area contributed by atoms with Crippen LogP contribution in [-0.2, 0) is 9.59 Å². The van der Waals surface area contributed by atoms with Gasteiger partial charge < -0.3 is 20.9 Å². The van der Waals surface area contributed by atoms with Crippen LogP contribution in [0.15, 0.2) is 29.3 Å². The number of aliphatic imine (C=N–C) groups is 1. The molecule has 3 rings (SSSR count). The molecule has 2 heterocycles. The Balaban J connectivity index is 1.69. The zero-order chi connectivity index (χ0) is 22.4. The number of para-hydroxylation sites is 2.